The molecule has 1 saturated carbocycles. The van der Waals surface area contributed by atoms with Crippen molar-refractivity contribution in [3.8, 4) is 0 Å². The van der Waals surface area contributed by atoms with Gasteiger partial charge >= 0.3 is 5.97 Å². The second kappa shape index (κ2) is 12.0. The molecular formula is C29H35ClF2N4O5. The molecule has 1 aromatic carbocycles. The number of hydrogen-bond donors (Lipinski definition) is 3. The maximum Gasteiger partial charge on any atom is 0.328 e. The summed E-state index contributed by atoms with van der Waals surface area (Å²) in [7, 11) is 1.20. The number of para-hydroxylation sites is 1. The summed E-state index contributed by atoms with van der Waals surface area (Å²) in [6, 6.07) is 4.83. The molecule has 0 spiro atoms. The normalized spacial score (nSPS) is 26.8. The molecule has 9 nitrogen and oxygen atoms in total. The Hall–Kier alpha value is -3.21. The lowest BCUT2D eigenvalue weighted by atomic mass is 9.75. The number of carbonyl (C=O) groups excluding carboxylic acids is 4. The van der Waals surface area contributed by atoms with Gasteiger partial charge in [-0.1, -0.05) is 23.7 Å². The van der Waals surface area contributed by atoms with Crippen molar-refractivity contribution in [1.29, 1.82) is 0 Å². The second-order valence-electron chi connectivity index (χ2n) is 11.5. The molecule has 5 rings (SSSR count). The fraction of sp³-hybridized carbons (Fsp3) is 0.586. The number of halogens is 3. The number of amides is 3. The Labute approximate surface area is 241 Å². The fourth-order valence-corrected chi connectivity index (χ4v) is 6.85. The van der Waals surface area contributed by atoms with Crippen LogP contribution < -0.4 is 10.6 Å². The molecule has 3 amide bonds. The molecule has 3 unspecified atom stereocenters. The fourth-order valence-electron chi connectivity index (χ4n) is 6.63. The Morgan fingerprint density at radius 1 is 1.20 bits per heavy atom. The second-order valence-corrected chi connectivity index (χ2v) is 11.9. The van der Waals surface area contributed by atoms with Gasteiger partial charge in [-0.05, 0) is 62.5 Å². The molecule has 2 aromatic rings. The molecule has 5 atom stereocenters. The van der Waals surface area contributed by atoms with Gasteiger partial charge < -0.3 is 25.3 Å². The van der Waals surface area contributed by atoms with Gasteiger partial charge in [-0.2, -0.15) is 0 Å². The highest BCUT2D eigenvalue weighted by Crippen LogP contribution is 2.44. The zero-order valence-electron chi connectivity index (χ0n) is 22.9. The van der Waals surface area contributed by atoms with Crippen LogP contribution in [0.25, 0.3) is 10.9 Å². The van der Waals surface area contributed by atoms with Crippen molar-refractivity contribution in [2.75, 3.05) is 20.2 Å². The van der Waals surface area contributed by atoms with E-state index in [-0.39, 0.29) is 62.1 Å². The van der Waals surface area contributed by atoms with Crippen LogP contribution in [0.5, 0.6) is 0 Å². The lowest BCUT2D eigenvalue weighted by molar-refractivity contribution is -0.146. The van der Waals surface area contributed by atoms with Crippen molar-refractivity contribution >= 4 is 46.2 Å². The third-order valence-corrected chi connectivity index (χ3v) is 9.16. The van der Waals surface area contributed by atoms with E-state index in [9.17, 15) is 28.0 Å². The summed E-state index contributed by atoms with van der Waals surface area (Å²) < 4.78 is 33.6. The van der Waals surface area contributed by atoms with Gasteiger partial charge in [-0.25, -0.2) is 13.6 Å². The molecule has 222 valence electrons. The molecule has 3 heterocycles. The first-order valence-electron chi connectivity index (χ1n) is 14.2. The van der Waals surface area contributed by atoms with Crippen LogP contribution in [0.15, 0.2) is 24.3 Å². The maximum atomic E-state index is 14.3. The molecule has 12 heteroatoms. The maximum absolute atomic E-state index is 14.3. The summed E-state index contributed by atoms with van der Waals surface area (Å²) in [6.07, 6.45) is 1.59. The average molecular weight is 593 g/mol. The van der Waals surface area contributed by atoms with E-state index in [0.29, 0.717) is 29.9 Å². The van der Waals surface area contributed by atoms with Crippen molar-refractivity contribution in [1.82, 2.24) is 20.5 Å². The van der Waals surface area contributed by atoms with E-state index < -0.39 is 41.7 Å². The van der Waals surface area contributed by atoms with E-state index in [0.717, 1.165) is 11.8 Å². The minimum atomic E-state index is -2.78. The predicted molar refractivity (Wildman–Crippen MR) is 147 cm³/mol. The molecule has 2 aliphatic heterocycles. The number of methoxy groups -OCH3 is 1. The van der Waals surface area contributed by atoms with E-state index in [4.69, 9.17) is 16.3 Å². The first-order chi connectivity index (χ1) is 19.6. The number of alkyl halides is 2. The van der Waals surface area contributed by atoms with Crippen molar-refractivity contribution in [2.45, 2.75) is 69.4 Å². The van der Waals surface area contributed by atoms with Gasteiger partial charge in [0, 0.05) is 37.2 Å². The SMILES string of the molecule is COC(=O)[C@H](C[C@@H]1CCCNC1=O)NC(=O)C1CCC2CC(F)(F)CCC2CN1C(=O)c1cc2cccc(Cl)c2[nH]1. The van der Waals surface area contributed by atoms with Gasteiger partial charge in [0.05, 0.1) is 17.6 Å². The number of fused-ring (bicyclic) bond motifs is 2. The largest absolute Gasteiger partial charge is 0.467 e. The Balaban J connectivity index is 1.42. The third-order valence-electron chi connectivity index (χ3n) is 8.85. The summed E-state index contributed by atoms with van der Waals surface area (Å²) in [5, 5.41) is 6.68. The van der Waals surface area contributed by atoms with Crippen LogP contribution in [0.4, 0.5) is 8.78 Å². The average Bonchev–Trinajstić information content (AvgIpc) is 3.30. The van der Waals surface area contributed by atoms with Crippen LogP contribution >= 0.6 is 11.6 Å². The van der Waals surface area contributed by atoms with E-state index in [1.165, 1.54) is 12.0 Å². The quantitative estimate of drug-likeness (QED) is 0.437. The highest BCUT2D eigenvalue weighted by molar-refractivity contribution is 6.35. The molecular weight excluding hydrogens is 558 g/mol. The van der Waals surface area contributed by atoms with Crippen LogP contribution in [0.2, 0.25) is 5.02 Å². The van der Waals surface area contributed by atoms with Crippen LogP contribution in [0.3, 0.4) is 0 Å². The van der Waals surface area contributed by atoms with Gasteiger partial charge in [-0.15, -0.1) is 0 Å². The zero-order chi connectivity index (χ0) is 29.3. The van der Waals surface area contributed by atoms with Crippen LogP contribution in [0, 0.1) is 17.8 Å². The molecule has 1 aliphatic carbocycles. The van der Waals surface area contributed by atoms with Gasteiger partial charge in [0.15, 0.2) is 0 Å². The Morgan fingerprint density at radius 3 is 2.73 bits per heavy atom. The lowest BCUT2D eigenvalue weighted by Gasteiger charge is -2.37. The van der Waals surface area contributed by atoms with Crippen molar-refractivity contribution in [2.24, 2.45) is 17.8 Å². The first-order valence-corrected chi connectivity index (χ1v) is 14.6. The number of carbonyl (C=O) groups is 4. The number of benzene rings is 1. The smallest absolute Gasteiger partial charge is 0.328 e. The minimum absolute atomic E-state index is 0.0584. The number of ether oxygens (including phenoxy) is 1. The summed E-state index contributed by atoms with van der Waals surface area (Å²) in [6.45, 7) is 0.693. The van der Waals surface area contributed by atoms with Crippen LogP contribution in [0.1, 0.15) is 61.9 Å². The third kappa shape index (κ3) is 6.34. The summed E-state index contributed by atoms with van der Waals surface area (Å²) >= 11 is 6.31. The van der Waals surface area contributed by atoms with E-state index in [1.807, 2.05) is 6.07 Å². The van der Waals surface area contributed by atoms with E-state index in [1.54, 1.807) is 18.2 Å². The van der Waals surface area contributed by atoms with Gasteiger partial charge in [0.1, 0.15) is 17.8 Å². The molecule has 3 N–H and O–H groups in total. The number of aromatic nitrogens is 1. The number of likely N-dealkylation sites (tertiary alicyclic amines) is 1. The predicted octanol–water partition coefficient (Wildman–Crippen LogP) is 4.05. The number of nitrogens with zero attached hydrogens (tertiary/aromatic N) is 1. The van der Waals surface area contributed by atoms with Crippen molar-refractivity contribution < 1.29 is 32.7 Å². The number of H-pyrrole nitrogens is 1. The number of rotatable bonds is 6. The summed E-state index contributed by atoms with van der Waals surface area (Å²) in [5.74, 6) is -5.68. The zero-order valence-corrected chi connectivity index (χ0v) is 23.6. The standard InChI is InChI=1S/C29H35ClF2N4O5/c1-41-28(40)22(13-17-5-3-11-33-25(17)37)35-26(38)23-8-7-18-14-29(31,32)10-9-19(18)15-36(23)27(39)21-12-16-4-2-6-20(30)24(16)34-21/h2,4,6,12,17-19,22-23,34H,3,5,7-11,13-15H2,1H3,(H,33,37)(H,35,38)/t17-,18?,19?,22-,23?/m0/s1. The van der Waals surface area contributed by atoms with Crippen LogP contribution in [-0.2, 0) is 19.1 Å². The van der Waals surface area contributed by atoms with Gasteiger partial charge in [-0.3, -0.25) is 14.4 Å². The molecule has 1 aromatic heterocycles. The lowest BCUT2D eigenvalue weighted by Crippen LogP contribution is -2.54. The number of nitrogens with one attached hydrogen (secondary N) is 3. The number of aromatic amines is 1. The molecule has 0 bridgehead atoms. The molecule has 2 saturated heterocycles. The van der Waals surface area contributed by atoms with E-state index in [2.05, 4.69) is 15.6 Å². The minimum Gasteiger partial charge on any atom is -0.467 e. The molecule has 3 fully saturated rings. The monoisotopic (exact) mass is 592 g/mol. The van der Waals surface area contributed by atoms with Crippen LogP contribution in [-0.4, -0.2) is 71.8 Å². The highest BCUT2D eigenvalue weighted by atomic mass is 35.5. The number of hydrogen-bond acceptors (Lipinski definition) is 5. The summed E-state index contributed by atoms with van der Waals surface area (Å²) in [4.78, 5) is 57.3. The van der Waals surface area contributed by atoms with E-state index >= 15 is 0 Å². The molecule has 0 radical (unpaired) electrons. The Kier molecular flexibility index (Phi) is 8.54. The van der Waals surface area contributed by atoms with Crippen molar-refractivity contribution in [3.05, 3.63) is 35.0 Å². The topological polar surface area (TPSA) is 121 Å². The van der Waals surface area contributed by atoms with Gasteiger partial charge in [0.25, 0.3) is 5.91 Å². The van der Waals surface area contributed by atoms with Gasteiger partial charge in [0.2, 0.25) is 17.7 Å². The first kappa shape index (κ1) is 29.3. The Bertz CT molecular complexity index is 1330. The number of piperidine rings is 1. The molecule has 41 heavy (non-hydrogen) atoms. The summed E-state index contributed by atoms with van der Waals surface area (Å²) in [5.41, 5.74) is 0.814. The number of esters is 1. The molecule has 3 aliphatic rings. The Morgan fingerprint density at radius 2 is 2.00 bits per heavy atom. The highest BCUT2D eigenvalue weighted by Gasteiger charge is 2.46. The van der Waals surface area contributed by atoms with Crippen molar-refractivity contribution in [3.63, 3.8) is 0 Å².